The number of hydrogen-bond donors (Lipinski definition) is 2. The Morgan fingerprint density at radius 3 is 2.54 bits per heavy atom. The van der Waals surface area contributed by atoms with Crippen molar-refractivity contribution in [2.75, 3.05) is 5.43 Å². The van der Waals surface area contributed by atoms with Crippen molar-refractivity contribution in [1.29, 1.82) is 0 Å². The average molecular weight is 360 g/mol. The van der Waals surface area contributed by atoms with Crippen molar-refractivity contribution in [1.82, 2.24) is 0 Å². The van der Waals surface area contributed by atoms with Gasteiger partial charge in [-0.3, -0.25) is 25.7 Å². The molecule has 0 fully saturated rings. The minimum Gasteiger partial charge on any atom is -0.507 e. The normalized spacial score (nSPS) is 11.5. The predicted octanol–water partition coefficient (Wildman–Crippen LogP) is 3.74. The number of nitro groups is 2. The van der Waals surface area contributed by atoms with Gasteiger partial charge in [-0.2, -0.15) is 5.10 Å². The van der Waals surface area contributed by atoms with E-state index in [1.807, 2.05) is 0 Å². The van der Waals surface area contributed by atoms with E-state index in [0.717, 1.165) is 36.4 Å². The fourth-order valence-electron chi connectivity index (χ4n) is 2.06. The SMILES string of the molecule is CC=CC(=NNc1ccc([N+](=O)[O-])cc1[N+](=O)[O-])c1cc(F)ccc1O. The molecule has 2 aromatic rings. The number of non-ortho nitro benzene ring substituents is 1. The van der Waals surface area contributed by atoms with Gasteiger partial charge in [0.25, 0.3) is 5.69 Å². The maximum Gasteiger partial charge on any atom is 0.301 e. The van der Waals surface area contributed by atoms with Crippen molar-refractivity contribution in [3.05, 3.63) is 80.2 Å². The largest absolute Gasteiger partial charge is 0.507 e. The highest BCUT2D eigenvalue weighted by Crippen LogP contribution is 2.29. The Kier molecular flexibility index (Phi) is 5.58. The second-order valence-electron chi connectivity index (χ2n) is 4.99. The molecule has 0 bridgehead atoms. The third kappa shape index (κ3) is 4.17. The van der Waals surface area contributed by atoms with E-state index in [0.29, 0.717) is 0 Å². The van der Waals surface area contributed by atoms with Gasteiger partial charge in [0.2, 0.25) is 0 Å². The van der Waals surface area contributed by atoms with E-state index in [2.05, 4.69) is 10.5 Å². The summed E-state index contributed by atoms with van der Waals surface area (Å²) in [4.78, 5) is 20.3. The first kappa shape index (κ1) is 18.5. The number of benzene rings is 2. The molecule has 26 heavy (non-hydrogen) atoms. The molecule has 0 unspecified atom stereocenters. The molecular weight excluding hydrogens is 347 g/mol. The molecule has 0 aliphatic heterocycles. The highest BCUT2D eigenvalue weighted by Gasteiger charge is 2.19. The summed E-state index contributed by atoms with van der Waals surface area (Å²) in [6, 6.07) is 6.30. The Bertz CT molecular complexity index is 927. The van der Waals surface area contributed by atoms with Gasteiger partial charge in [0, 0.05) is 11.6 Å². The highest BCUT2D eigenvalue weighted by atomic mass is 19.1. The number of rotatable bonds is 6. The van der Waals surface area contributed by atoms with Crippen LogP contribution in [0.5, 0.6) is 5.75 Å². The lowest BCUT2D eigenvalue weighted by Gasteiger charge is -2.07. The number of nitrogens with zero attached hydrogens (tertiary/aromatic N) is 3. The molecule has 0 radical (unpaired) electrons. The summed E-state index contributed by atoms with van der Waals surface area (Å²) in [5.41, 5.74) is 1.52. The predicted molar refractivity (Wildman–Crippen MR) is 92.8 cm³/mol. The van der Waals surface area contributed by atoms with Crippen molar-refractivity contribution in [2.45, 2.75) is 6.92 Å². The van der Waals surface area contributed by atoms with Gasteiger partial charge < -0.3 is 5.11 Å². The molecule has 0 heterocycles. The Labute approximate surface area is 146 Å². The van der Waals surface area contributed by atoms with Gasteiger partial charge in [-0.1, -0.05) is 6.08 Å². The summed E-state index contributed by atoms with van der Waals surface area (Å²) in [7, 11) is 0. The lowest BCUT2D eigenvalue weighted by molar-refractivity contribution is -0.393. The molecule has 10 heteroatoms. The zero-order valence-electron chi connectivity index (χ0n) is 13.4. The first-order valence-corrected chi connectivity index (χ1v) is 7.21. The van der Waals surface area contributed by atoms with Crippen LogP contribution in [0, 0.1) is 26.0 Å². The van der Waals surface area contributed by atoms with Crippen LogP contribution >= 0.6 is 0 Å². The molecule has 0 spiro atoms. The summed E-state index contributed by atoms with van der Waals surface area (Å²) in [5, 5.41) is 35.7. The molecule has 0 atom stereocenters. The molecule has 0 aromatic heterocycles. The molecule has 0 aliphatic carbocycles. The van der Waals surface area contributed by atoms with E-state index in [9.17, 15) is 29.7 Å². The number of hydrogen-bond acceptors (Lipinski definition) is 7. The Balaban J connectivity index is 2.46. The van der Waals surface area contributed by atoms with Gasteiger partial charge >= 0.3 is 5.69 Å². The number of phenols is 1. The fourth-order valence-corrected chi connectivity index (χ4v) is 2.06. The molecule has 2 rings (SSSR count). The average Bonchev–Trinajstić information content (AvgIpc) is 2.60. The van der Waals surface area contributed by atoms with Crippen LogP contribution in [0.15, 0.2) is 53.7 Å². The summed E-state index contributed by atoms with van der Waals surface area (Å²) in [6.45, 7) is 1.67. The van der Waals surface area contributed by atoms with E-state index in [1.165, 1.54) is 6.08 Å². The molecule has 0 amide bonds. The minimum atomic E-state index is -0.792. The van der Waals surface area contributed by atoms with E-state index in [-0.39, 0.29) is 22.7 Å². The number of phenolic OH excluding ortho intramolecular Hbond substituents is 1. The summed E-state index contributed by atoms with van der Waals surface area (Å²) in [5.74, 6) is -0.834. The van der Waals surface area contributed by atoms with Crippen molar-refractivity contribution in [2.24, 2.45) is 5.10 Å². The number of allylic oxidation sites excluding steroid dienone is 2. The molecular formula is C16H13FN4O5. The van der Waals surface area contributed by atoms with Crippen LogP contribution in [-0.2, 0) is 0 Å². The van der Waals surface area contributed by atoms with E-state index in [4.69, 9.17) is 0 Å². The van der Waals surface area contributed by atoms with Crippen molar-refractivity contribution in [3.8, 4) is 5.75 Å². The van der Waals surface area contributed by atoms with E-state index < -0.39 is 27.0 Å². The maximum atomic E-state index is 13.4. The van der Waals surface area contributed by atoms with Gasteiger partial charge in [0.1, 0.15) is 17.3 Å². The number of hydrazone groups is 1. The number of aromatic hydroxyl groups is 1. The van der Waals surface area contributed by atoms with Gasteiger partial charge in [0.05, 0.1) is 21.6 Å². The first-order chi connectivity index (χ1) is 12.3. The smallest absolute Gasteiger partial charge is 0.301 e. The van der Waals surface area contributed by atoms with Crippen LogP contribution in [0.2, 0.25) is 0 Å². The summed E-state index contributed by atoms with van der Waals surface area (Å²) in [6.07, 6.45) is 3.04. The maximum absolute atomic E-state index is 13.4. The van der Waals surface area contributed by atoms with Gasteiger partial charge in [-0.25, -0.2) is 4.39 Å². The molecule has 0 saturated carbocycles. The van der Waals surface area contributed by atoms with E-state index >= 15 is 0 Å². The fraction of sp³-hybridized carbons (Fsp3) is 0.0625. The molecule has 134 valence electrons. The number of nitro benzene ring substituents is 2. The van der Waals surface area contributed by atoms with Gasteiger partial charge in [-0.15, -0.1) is 0 Å². The van der Waals surface area contributed by atoms with Gasteiger partial charge in [0.15, 0.2) is 0 Å². The molecule has 0 saturated heterocycles. The Hall–Kier alpha value is -3.82. The van der Waals surface area contributed by atoms with Crippen molar-refractivity contribution in [3.63, 3.8) is 0 Å². The van der Waals surface area contributed by atoms with Crippen LogP contribution in [0.4, 0.5) is 21.5 Å². The lowest BCUT2D eigenvalue weighted by atomic mass is 10.1. The molecule has 9 nitrogen and oxygen atoms in total. The third-order valence-corrected chi connectivity index (χ3v) is 3.24. The molecule has 0 aliphatic rings. The highest BCUT2D eigenvalue weighted by molar-refractivity contribution is 6.10. The van der Waals surface area contributed by atoms with Crippen LogP contribution in [-0.4, -0.2) is 20.7 Å². The molecule has 2 aromatic carbocycles. The Morgan fingerprint density at radius 1 is 1.19 bits per heavy atom. The zero-order chi connectivity index (χ0) is 19.3. The van der Waals surface area contributed by atoms with Crippen LogP contribution in [0.25, 0.3) is 0 Å². The van der Waals surface area contributed by atoms with Crippen LogP contribution in [0.1, 0.15) is 12.5 Å². The lowest BCUT2D eigenvalue weighted by Crippen LogP contribution is -2.04. The number of nitrogens with one attached hydrogen (secondary N) is 1. The zero-order valence-corrected chi connectivity index (χ0v) is 13.4. The van der Waals surface area contributed by atoms with E-state index in [1.54, 1.807) is 13.0 Å². The summed E-state index contributed by atoms with van der Waals surface area (Å²) < 4.78 is 13.4. The minimum absolute atomic E-state index is 0.0696. The Morgan fingerprint density at radius 2 is 1.92 bits per heavy atom. The quantitative estimate of drug-likeness (QED) is 0.458. The first-order valence-electron chi connectivity index (χ1n) is 7.21. The summed E-state index contributed by atoms with van der Waals surface area (Å²) >= 11 is 0. The van der Waals surface area contributed by atoms with Crippen molar-refractivity contribution >= 4 is 22.8 Å². The van der Waals surface area contributed by atoms with Gasteiger partial charge in [-0.05, 0) is 37.3 Å². The number of halogens is 1. The monoisotopic (exact) mass is 360 g/mol. The van der Waals surface area contributed by atoms with Crippen LogP contribution in [0.3, 0.4) is 0 Å². The third-order valence-electron chi connectivity index (χ3n) is 3.24. The second-order valence-corrected chi connectivity index (χ2v) is 4.99. The van der Waals surface area contributed by atoms with Crippen molar-refractivity contribution < 1.29 is 19.3 Å². The molecule has 2 N–H and O–H groups in total. The number of anilines is 1. The topological polar surface area (TPSA) is 131 Å². The standard InChI is InChI=1S/C16H13FN4O5/c1-2-3-13(12-8-10(17)4-7-16(12)22)18-19-14-6-5-11(20(23)24)9-15(14)21(25)26/h2-9,19,22H,1H3. The van der Waals surface area contributed by atoms with Crippen LogP contribution < -0.4 is 5.43 Å². The second kappa shape index (κ2) is 7.83.